The maximum absolute atomic E-state index is 5.80. The smallest absolute Gasteiger partial charge is 0.164 e. The normalized spacial score (nSPS) is 18.0. The van der Waals surface area contributed by atoms with Gasteiger partial charge in [0, 0.05) is 39.5 Å². The van der Waals surface area contributed by atoms with Crippen molar-refractivity contribution >= 4 is 22.7 Å². The van der Waals surface area contributed by atoms with Gasteiger partial charge in [0.15, 0.2) is 11.5 Å². The first-order valence-corrected chi connectivity index (χ1v) is 11.7. The highest BCUT2D eigenvalue weighted by Crippen LogP contribution is 2.45. The predicted octanol–water partition coefficient (Wildman–Crippen LogP) is 5.73. The maximum atomic E-state index is 5.80. The Kier molecular flexibility index (Phi) is 5.38. The van der Waals surface area contributed by atoms with Crippen LogP contribution in [-0.2, 0) is 0 Å². The molecule has 2 heterocycles. The molecule has 0 aliphatic carbocycles. The quantitative estimate of drug-likeness (QED) is 0.397. The maximum Gasteiger partial charge on any atom is 0.164 e. The second kappa shape index (κ2) is 8.33. The monoisotopic (exact) mass is 430 g/mol. The molecule has 0 saturated heterocycles. The second-order valence-corrected chi connectivity index (χ2v) is 8.63. The van der Waals surface area contributed by atoms with Crippen LogP contribution in [0.4, 0.5) is 0 Å². The number of aromatic amines is 1. The zero-order valence-electron chi connectivity index (χ0n) is 17.9. The molecule has 0 spiro atoms. The van der Waals surface area contributed by atoms with E-state index < -0.39 is 0 Å². The van der Waals surface area contributed by atoms with Crippen molar-refractivity contribution in [3.63, 3.8) is 0 Å². The number of ether oxygens (including phenoxy) is 2. The topological polar surface area (TPSA) is 46.3 Å². The van der Waals surface area contributed by atoms with E-state index >= 15 is 0 Å². The lowest BCUT2D eigenvalue weighted by molar-refractivity contribution is 0.349. The van der Waals surface area contributed by atoms with E-state index in [2.05, 4.69) is 71.2 Å². The summed E-state index contributed by atoms with van der Waals surface area (Å²) in [5, 5.41) is 5.06. The number of benzene rings is 3. The highest BCUT2D eigenvalue weighted by Gasteiger charge is 2.34. The van der Waals surface area contributed by atoms with Gasteiger partial charge in [-0.15, -0.1) is 11.8 Å². The summed E-state index contributed by atoms with van der Waals surface area (Å²) >= 11 is 1.76. The first-order chi connectivity index (χ1) is 15.2. The fourth-order valence-electron chi connectivity index (χ4n) is 4.76. The molecule has 2 atom stereocenters. The Balaban J connectivity index is 1.68. The third-order valence-corrected chi connectivity index (χ3v) is 6.94. The molecule has 4 nitrogen and oxygen atoms in total. The second-order valence-electron chi connectivity index (χ2n) is 7.75. The summed E-state index contributed by atoms with van der Waals surface area (Å²) in [6, 6.07) is 23.7. The Morgan fingerprint density at radius 2 is 1.71 bits per heavy atom. The largest absolute Gasteiger partial charge is 0.493 e. The number of hydrogen-bond acceptors (Lipinski definition) is 4. The minimum atomic E-state index is 0.117. The molecule has 31 heavy (non-hydrogen) atoms. The molecule has 5 rings (SSSR count). The lowest BCUT2D eigenvalue weighted by atomic mass is 9.82. The Hall–Kier alpha value is -2.89. The number of nitrogens with one attached hydrogen (secondary N) is 2. The minimum Gasteiger partial charge on any atom is -0.493 e. The third-order valence-electron chi connectivity index (χ3n) is 6.20. The van der Waals surface area contributed by atoms with Crippen LogP contribution in [0.25, 0.3) is 10.9 Å². The molecule has 1 aliphatic rings. The van der Waals surface area contributed by atoms with E-state index in [4.69, 9.17) is 9.47 Å². The van der Waals surface area contributed by atoms with E-state index in [9.17, 15) is 0 Å². The van der Waals surface area contributed by atoms with Gasteiger partial charge in [0.05, 0.1) is 20.3 Å². The molecule has 158 valence electrons. The molecular weight excluding hydrogens is 404 g/mol. The number of rotatable bonds is 5. The standard InChI is InChI=1S/C26H26N2O2S/c1-29-22-10-6-8-18(26(22)30-2)20-15-27-24(16-11-13-17(31-3)14-12-16)25-23(20)19-7-4-5-9-21(19)28-25/h4-14,20,24,27-28H,15H2,1-3H3/t20-,24+/m0/s1. The van der Waals surface area contributed by atoms with E-state index in [0.29, 0.717) is 0 Å². The lowest BCUT2D eigenvalue weighted by Crippen LogP contribution is -2.34. The van der Waals surface area contributed by atoms with E-state index in [-0.39, 0.29) is 12.0 Å². The molecule has 1 aromatic heterocycles. The SMILES string of the molecule is COc1cccc([C@@H]2CN[C@H](c3ccc(SC)cc3)c3[nH]c4ccccc4c32)c1OC. The van der Waals surface area contributed by atoms with Gasteiger partial charge in [-0.25, -0.2) is 0 Å². The van der Waals surface area contributed by atoms with E-state index in [1.165, 1.54) is 27.1 Å². The number of para-hydroxylation sites is 2. The van der Waals surface area contributed by atoms with E-state index in [1.807, 2.05) is 12.1 Å². The molecule has 0 amide bonds. The Morgan fingerprint density at radius 3 is 2.45 bits per heavy atom. The fraction of sp³-hybridized carbons (Fsp3) is 0.231. The Labute approximate surface area is 187 Å². The minimum absolute atomic E-state index is 0.117. The molecule has 2 N–H and O–H groups in total. The molecular formula is C26H26N2O2S. The van der Waals surface area contributed by atoms with Gasteiger partial charge in [-0.1, -0.05) is 42.5 Å². The van der Waals surface area contributed by atoms with Gasteiger partial charge in [0.1, 0.15) is 0 Å². The highest BCUT2D eigenvalue weighted by molar-refractivity contribution is 7.98. The first kappa shape index (κ1) is 20.0. The average molecular weight is 431 g/mol. The van der Waals surface area contributed by atoms with Gasteiger partial charge in [-0.2, -0.15) is 0 Å². The summed E-state index contributed by atoms with van der Waals surface area (Å²) in [6.07, 6.45) is 2.11. The number of aromatic nitrogens is 1. The van der Waals surface area contributed by atoms with Crippen LogP contribution in [0, 0.1) is 0 Å². The van der Waals surface area contributed by atoms with Gasteiger partial charge in [-0.05, 0) is 41.6 Å². The summed E-state index contributed by atoms with van der Waals surface area (Å²) in [7, 11) is 3.40. The van der Waals surface area contributed by atoms with Crippen LogP contribution in [0.15, 0.2) is 71.6 Å². The summed E-state index contributed by atoms with van der Waals surface area (Å²) in [5.41, 5.74) is 6.12. The molecule has 5 heteroatoms. The van der Waals surface area contributed by atoms with Crippen LogP contribution in [-0.4, -0.2) is 32.0 Å². The molecule has 1 aliphatic heterocycles. The van der Waals surface area contributed by atoms with Gasteiger partial charge in [-0.3, -0.25) is 0 Å². The molecule has 0 radical (unpaired) electrons. The van der Waals surface area contributed by atoms with E-state index in [0.717, 1.165) is 29.1 Å². The predicted molar refractivity (Wildman–Crippen MR) is 128 cm³/mol. The molecule has 0 unspecified atom stereocenters. The van der Waals surface area contributed by atoms with Gasteiger partial charge < -0.3 is 19.8 Å². The van der Waals surface area contributed by atoms with Crippen molar-refractivity contribution in [2.75, 3.05) is 27.0 Å². The zero-order chi connectivity index (χ0) is 21.4. The lowest BCUT2D eigenvalue weighted by Gasteiger charge is -2.32. The fourth-order valence-corrected chi connectivity index (χ4v) is 5.17. The number of thioether (sulfide) groups is 1. The molecule has 0 fully saturated rings. The first-order valence-electron chi connectivity index (χ1n) is 10.4. The van der Waals surface area contributed by atoms with Crippen LogP contribution in [0.1, 0.15) is 34.3 Å². The van der Waals surface area contributed by atoms with Crippen LogP contribution < -0.4 is 14.8 Å². The summed E-state index contributed by atoms with van der Waals surface area (Å²) in [6.45, 7) is 0.813. The van der Waals surface area contributed by atoms with Crippen LogP contribution >= 0.6 is 11.8 Å². The number of H-pyrrole nitrogens is 1. The van der Waals surface area contributed by atoms with Crippen molar-refractivity contribution < 1.29 is 9.47 Å². The van der Waals surface area contributed by atoms with E-state index in [1.54, 1.807) is 26.0 Å². The van der Waals surface area contributed by atoms with Crippen LogP contribution in [0.2, 0.25) is 0 Å². The van der Waals surface area contributed by atoms with Crippen molar-refractivity contribution in [2.45, 2.75) is 16.9 Å². The molecule has 0 bridgehead atoms. The van der Waals surface area contributed by atoms with Crippen LogP contribution in [0.3, 0.4) is 0 Å². The zero-order valence-corrected chi connectivity index (χ0v) is 18.8. The average Bonchev–Trinajstić information content (AvgIpc) is 3.23. The number of methoxy groups -OCH3 is 2. The summed E-state index contributed by atoms with van der Waals surface area (Å²) in [4.78, 5) is 4.99. The molecule has 3 aromatic carbocycles. The van der Waals surface area contributed by atoms with Gasteiger partial charge in [0.2, 0.25) is 0 Å². The Morgan fingerprint density at radius 1 is 0.903 bits per heavy atom. The number of fused-ring (bicyclic) bond motifs is 3. The highest BCUT2D eigenvalue weighted by atomic mass is 32.2. The molecule has 0 saturated carbocycles. The summed E-state index contributed by atoms with van der Waals surface area (Å²) < 4.78 is 11.4. The summed E-state index contributed by atoms with van der Waals surface area (Å²) in [5.74, 6) is 1.71. The molecule has 4 aromatic rings. The van der Waals surface area contributed by atoms with Crippen LogP contribution in [0.5, 0.6) is 11.5 Å². The van der Waals surface area contributed by atoms with Crippen molar-refractivity contribution in [1.29, 1.82) is 0 Å². The number of hydrogen-bond donors (Lipinski definition) is 2. The van der Waals surface area contributed by atoms with Gasteiger partial charge >= 0.3 is 0 Å². The van der Waals surface area contributed by atoms with Crippen molar-refractivity contribution in [3.05, 3.63) is 89.1 Å². The third kappa shape index (κ3) is 3.38. The van der Waals surface area contributed by atoms with Crippen molar-refractivity contribution in [2.24, 2.45) is 0 Å². The van der Waals surface area contributed by atoms with Crippen molar-refractivity contribution in [3.8, 4) is 11.5 Å². The van der Waals surface area contributed by atoms with Gasteiger partial charge in [0.25, 0.3) is 0 Å². The van der Waals surface area contributed by atoms with Crippen molar-refractivity contribution in [1.82, 2.24) is 10.3 Å². The Bertz CT molecular complexity index is 1220.